The van der Waals surface area contributed by atoms with Crippen LogP contribution in [0.15, 0.2) is 35.7 Å². The molecule has 1 aliphatic rings. The van der Waals surface area contributed by atoms with Gasteiger partial charge in [0.15, 0.2) is 0 Å². The molecule has 1 aromatic carbocycles. The molecule has 0 aliphatic carbocycles. The zero-order valence-corrected chi connectivity index (χ0v) is 14.3. The van der Waals surface area contributed by atoms with Gasteiger partial charge in [-0.25, -0.2) is 4.98 Å². The number of hydrogen-bond donors (Lipinski definition) is 1. The molecule has 1 amide bonds. The first-order chi connectivity index (χ1) is 11.1. The first-order valence-corrected chi connectivity index (χ1v) is 9.06. The predicted molar refractivity (Wildman–Crippen MR) is 93.7 cm³/mol. The van der Waals surface area contributed by atoms with E-state index in [1.807, 2.05) is 16.3 Å². The van der Waals surface area contributed by atoms with Crippen molar-refractivity contribution < 1.29 is 4.79 Å². The van der Waals surface area contributed by atoms with E-state index < -0.39 is 0 Å². The third-order valence-corrected chi connectivity index (χ3v) is 5.33. The number of nitrogens with zero attached hydrogens (tertiary/aromatic N) is 2. The minimum absolute atomic E-state index is 0.0478. The molecule has 0 bridgehead atoms. The van der Waals surface area contributed by atoms with Crippen LogP contribution in [-0.4, -0.2) is 34.4 Å². The number of benzene rings is 1. The highest BCUT2D eigenvalue weighted by Crippen LogP contribution is 2.20. The van der Waals surface area contributed by atoms with Gasteiger partial charge in [0.25, 0.3) is 5.91 Å². The second kappa shape index (κ2) is 7.23. The third-order valence-electron chi connectivity index (χ3n) is 4.42. The molecule has 1 aliphatic heterocycles. The normalized spacial score (nSPS) is 21.4. The smallest absolute Gasteiger partial charge is 0.273 e. The van der Waals surface area contributed by atoms with Crippen LogP contribution < -0.4 is 5.73 Å². The van der Waals surface area contributed by atoms with Crippen molar-refractivity contribution in [2.45, 2.75) is 44.7 Å². The van der Waals surface area contributed by atoms with Crippen molar-refractivity contribution in [3.8, 4) is 0 Å². The van der Waals surface area contributed by atoms with E-state index in [-0.39, 0.29) is 18.0 Å². The van der Waals surface area contributed by atoms with Crippen LogP contribution in [-0.2, 0) is 12.8 Å². The van der Waals surface area contributed by atoms with Gasteiger partial charge in [0.05, 0.1) is 5.01 Å². The van der Waals surface area contributed by atoms with Gasteiger partial charge in [-0.2, -0.15) is 0 Å². The molecule has 0 spiro atoms. The van der Waals surface area contributed by atoms with Gasteiger partial charge >= 0.3 is 0 Å². The Bertz CT molecular complexity index is 655. The summed E-state index contributed by atoms with van der Waals surface area (Å²) in [5, 5.41) is 2.92. The molecule has 1 saturated heterocycles. The average Bonchev–Trinajstić information content (AvgIpc) is 3.02. The standard InChI is InChI=1S/C18H23N3OS/c1-13-11-15(19)9-10-21(13)18(22)16-12-23-17(20-16)8-7-14-5-3-2-4-6-14/h2-6,12-13,15H,7-11,19H2,1H3/t13-,15-/m1/s1. The fraction of sp³-hybridized carbons (Fsp3) is 0.444. The summed E-state index contributed by atoms with van der Waals surface area (Å²) in [5.74, 6) is 0.0478. The highest BCUT2D eigenvalue weighted by Gasteiger charge is 2.28. The molecule has 0 unspecified atom stereocenters. The maximum absolute atomic E-state index is 12.6. The summed E-state index contributed by atoms with van der Waals surface area (Å²) < 4.78 is 0. The Hall–Kier alpha value is -1.72. The van der Waals surface area contributed by atoms with Crippen LogP contribution in [0.2, 0.25) is 0 Å². The Morgan fingerprint density at radius 1 is 1.35 bits per heavy atom. The molecule has 0 saturated carbocycles. The molecule has 1 fully saturated rings. The summed E-state index contributed by atoms with van der Waals surface area (Å²) in [6, 6.07) is 10.8. The van der Waals surface area contributed by atoms with Crippen molar-refractivity contribution in [2.24, 2.45) is 5.73 Å². The molecule has 3 rings (SSSR count). The second-order valence-electron chi connectivity index (χ2n) is 6.24. The number of aromatic nitrogens is 1. The van der Waals surface area contributed by atoms with E-state index in [0.29, 0.717) is 5.69 Å². The van der Waals surface area contributed by atoms with E-state index in [1.165, 1.54) is 5.56 Å². The molecule has 0 radical (unpaired) electrons. The first kappa shape index (κ1) is 16.1. The molecule has 4 nitrogen and oxygen atoms in total. The molecule has 23 heavy (non-hydrogen) atoms. The van der Waals surface area contributed by atoms with Crippen LogP contribution >= 0.6 is 11.3 Å². The Kier molecular flexibility index (Phi) is 5.08. The number of hydrogen-bond acceptors (Lipinski definition) is 4. The highest BCUT2D eigenvalue weighted by molar-refractivity contribution is 7.09. The summed E-state index contributed by atoms with van der Waals surface area (Å²) in [7, 11) is 0. The number of carbonyl (C=O) groups is 1. The lowest BCUT2D eigenvalue weighted by molar-refractivity contribution is 0.0613. The largest absolute Gasteiger partial charge is 0.334 e. The Labute approximate surface area is 141 Å². The lowest BCUT2D eigenvalue weighted by Gasteiger charge is -2.35. The van der Waals surface area contributed by atoms with Crippen molar-refractivity contribution in [2.75, 3.05) is 6.54 Å². The monoisotopic (exact) mass is 329 g/mol. The van der Waals surface area contributed by atoms with Crippen LogP contribution in [0.25, 0.3) is 0 Å². The van der Waals surface area contributed by atoms with Gasteiger partial charge < -0.3 is 10.6 Å². The van der Waals surface area contributed by atoms with Gasteiger partial charge in [0.1, 0.15) is 5.69 Å². The van der Waals surface area contributed by atoms with Gasteiger partial charge in [-0.1, -0.05) is 30.3 Å². The zero-order chi connectivity index (χ0) is 16.2. The highest BCUT2D eigenvalue weighted by atomic mass is 32.1. The molecule has 2 heterocycles. The van der Waals surface area contributed by atoms with Gasteiger partial charge in [-0.3, -0.25) is 4.79 Å². The maximum atomic E-state index is 12.6. The number of nitrogens with two attached hydrogens (primary N) is 1. The number of thiazole rings is 1. The number of rotatable bonds is 4. The summed E-state index contributed by atoms with van der Waals surface area (Å²) in [6.07, 6.45) is 3.58. The molecular formula is C18H23N3OS. The zero-order valence-electron chi connectivity index (χ0n) is 13.4. The van der Waals surface area contributed by atoms with Gasteiger partial charge in [-0.15, -0.1) is 11.3 Å². The Morgan fingerprint density at radius 3 is 2.87 bits per heavy atom. The van der Waals surface area contributed by atoms with Crippen molar-refractivity contribution in [3.05, 3.63) is 52.0 Å². The second-order valence-corrected chi connectivity index (χ2v) is 7.19. The number of carbonyl (C=O) groups excluding carboxylic acids is 1. The Morgan fingerprint density at radius 2 is 2.13 bits per heavy atom. The minimum Gasteiger partial charge on any atom is -0.334 e. The van der Waals surface area contributed by atoms with E-state index in [1.54, 1.807) is 11.3 Å². The first-order valence-electron chi connectivity index (χ1n) is 8.18. The van der Waals surface area contributed by atoms with Crippen molar-refractivity contribution >= 4 is 17.2 Å². The van der Waals surface area contributed by atoms with E-state index >= 15 is 0 Å². The lowest BCUT2D eigenvalue weighted by Crippen LogP contribution is -2.48. The fourth-order valence-corrected chi connectivity index (χ4v) is 3.85. The van der Waals surface area contributed by atoms with Crippen LogP contribution in [0.1, 0.15) is 40.8 Å². The van der Waals surface area contributed by atoms with Crippen LogP contribution in [0, 0.1) is 0 Å². The summed E-state index contributed by atoms with van der Waals surface area (Å²) >= 11 is 1.58. The average molecular weight is 329 g/mol. The van der Waals surface area contributed by atoms with E-state index in [0.717, 1.165) is 37.2 Å². The molecule has 5 heteroatoms. The quantitative estimate of drug-likeness (QED) is 0.938. The SMILES string of the molecule is C[C@@H]1C[C@H](N)CCN1C(=O)c1csc(CCc2ccccc2)n1. The summed E-state index contributed by atoms with van der Waals surface area (Å²) in [4.78, 5) is 19.1. The van der Waals surface area contributed by atoms with Gasteiger partial charge in [-0.05, 0) is 31.7 Å². The lowest BCUT2D eigenvalue weighted by atomic mass is 9.99. The van der Waals surface area contributed by atoms with Gasteiger partial charge in [0.2, 0.25) is 0 Å². The van der Waals surface area contributed by atoms with Crippen LogP contribution in [0.3, 0.4) is 0 Å². The van der Waals surface area contributed by atoms with Gasteiger partial charge in [0, 0.05) is 30.4 Å². The number of piperidine rings is 1. The number of amides is 1. The number of likely N-dealkylation sites (tertiary alicyclic amines) is 1. The molecule has 2 aromatic rings. The van der Waals surface area contributed by atoms with Crippen molar-refractivity contribution in [1.82, 2.24) is 9.88 Å². The molecule has 2 N–H and O–H groups in total. The summed E-state index contributed by atoms with van der Waals surface area (Å²) in [5.41, 5.74) is 7.86. The maximum Gasteiger partial charge on any atom is 0.273 e. The van der Waals surface area contributed by atoms with Crippen LogP contribution in [0.4, 0.5) is 0 Å². The van der Waals surface area contributed by atoms with Crippen molar-refractivity contribution in [1.29, 1.82) is 0 Å². The summed E-state index contributed by atoms with van der Waals surface area (Å²) in [6.45, 7) is 2.80. The van der Waals surface area contributed by atoms with E-state index in [4.69, 9.17) is 5.73 Å². The fourth-order valence-electron chi connectivity index (χ4n) is 3.08. The molecule has 122 valence electrons. The molecular weight excluding hydrogens is 306 g/mol. The van der Waals surface area contributed by atoms with Crippen molar-refractivity contribution in [3.63, 3.8) is 0 Å². The number of aryl methyl sites for hydroxylation is 2. The topological polar surface area (TPSA) is 59.2 Å². The Balaban J connectivity index is 1.61. The predicted octanol–water partition coefficient (Wildman–Crippen LogP) is 2.88. The van der Waals surface area contributed by atoms with Crippen LogP contribution in [0.5, 0.6) is 0 Å². The third kappa shape index (κ3) is 3.98. The van der Waals surface area contributed by atoms with E-state index in [9.17, 15) is 4.79 Å². The minimum atomic E-state index is 0.0478. The molecule has 2 atom stereocenters. The van der Waals surface area contributed by atoms with E-state index in [2.05, 4.69) is 36.2 Å². The molecule has 1 aromatic heterocycles.